The van der Waals surface area contributed by atoms with Crippen molar-refractivity contribution in [3.8, 4) is 11.5 Å². The predicted octanol–water partition coefficient (Wildman–Crippen LogP) is 8.29. The molecule has 4 aromatic carbocycles. The predicted molar refractivity (Wildman–Crippen MR) is 147 cm³/mol. The number of carbonyl (C=O) groups excluding carboxylic acids is 2. The third-order valence-electron chi connectivity index (χ3n) is 4.66. The zero-order valence-electron chi connectivity index (χ0n) is 18.2. The van der Waals surface area contributed by atoms with Crippen molar-refractivity contribution in [2.75, 3.05) is 21.3 Å². The molecule has 0 heterocycles. The Labute approximate surface area is 219 Å². The van der Waals surface area contributed by atoms with Gasteiger partial charge in [-0.3, -0.25) is 0 Å². The summed E-state index contributed by atoms with van der Waals surface area (Å²) in [7, 11) is 0. The number of amides is 4. The van der Waals surface area contributed by atoms with Gasteiger partial charge in [0.05, 0.1) is 0 Å². The molecule has 4 amide bonds. The molecular weight excluding hydrogens is 576 g/mol. The van der Waals surface area contributed by atoms with Crippen molar-refractivity contribution in [1.82, 2.24) is 0 Å². The molecule has 176 valence electrons. The van der Waals surface area contributed by atoms with Gasteiger partial charge in [0.15, 0.2) is 0 Å². The van der Waals surface area contributed by atoms with E-state index in [-0.39, 0.29) is 12.1 Å². The maximum absolute atomic E-state index is 12.2. The highest BCUT2D eigenvalue weighted by Gasteiger charge is 2.06. The molecule has 4 rings (SSSR count). The Bertz CT molecular complexity index is 1190. The number of urea groups is 2. The van der Waals surface area contributed by atoms with Crippen molar-refractivity contribution in [2.45, 2.75) is 0 Å². The van der Waals surface area contributed by atoms with Crippen molar-refractivity contribution in [3.05, 3.63) is 106 Å². The minimum atomic E-state index is -0.340. The van der Waals surface area contributed by atoms with Crippen molar-refractivity contribution in [3.63, 3.8) is 0 Å². The van der Waals surface area contributed by atoms with Crippen LogP contribution in [-0.4, -0.2) is 12.1 Å². The molecule has 0 aliphatic carbocycles. The molecule has 4 N–H and O–H groups in total. The minimum absolute atomic E-state index is 0.340. The van der Waals surface area contributed by atoms with E-state index >= 15 is 0 Å². The molecule has 0 radical (unpaired) electrons. The topological polar surface area (TPSA) is 91.5 Å². The SMILES string of the molecule is O=C(Nc1ccc(Br)cc1)Nc1ccc(Oc2ccc(NC(=O)Nc3ccc(Br)cc3)cc2)cc1. The molecule has 35 heavy (non-hydrogen) atoms. The van der Waals surface area contributed by atoms with Gasteiger partial charge in [-0.2, -0.15) is 0 Å². The van der Waals surface area contributed by atoms with E-state index in [1.165, 1.54) is 0 Å². The lowest BCUT2D eigenvalue weighted by Crippen LogP contribution is -2.19. The first-order valence-electron chi connectivity index (χ1n) is 10.5. The van der Waals surface area contributed by atoms with Gasteiger partial charge in [-0.1, -0.05) is 31.9 Å². The molecule has 0 saturated heterocycles. The van der Waals surface area contributed by atoms with E-state index in [1.54, 1.807) is 72.8 Å². The average molecular weight is 596 g/mol. The summed E-state index contributed by atoms with van der Waals surface area (Å²) < 4.78 is 7.72. The Balaban J connectivity index is 1.26. The maximum atomic E-state index is 12.2. The number of anilines is 4. The fourth-order valence-corrected chi connectivity index (χ4v) is 3.53. The van der Waals surface area contributed by atoms with Gasteiger partial charge in [0.2, 0.25) is 0 Å². The van der Waals surface area contributed by atoms with Gasteiger partial charge in [-0.15, -0.1) is 0 Å². The molecule has 0 aromatic heterocycles. The molecule has 0 unspecified atom stereocenters. The molecule has 0 aliphatic rings. The summed E-state index contributed by atoms with van der Waals surface area (Å²) in [6.45, 7) is 0. The summed E-state index contributed by atoms with van der Waals surface area (Å²) in [6.07, 6.45) is 0. The minimum Gasteiger partial charge on any atom is -0.457 e. The van der Waals surface area contributed by atoms with E-state index in [2.05, 4.69) is 53.1 Å². The third-order valence-corrected chi connectivity index (χ3v) is 5.72. The van der Waals surface area contributed by atoms with Crippen LogP contribution in [0.15, 0.2) is 106 Å². The molecule has 0 bridgehead atoms. The molecule has 7 nitrogen and oxygen atoms in total. The maximum Gasteiger partial charge on any atom is 0.323 e. The van der Waals surface area contributed by atoms with Crippen LogP contribution in [0.2, 0.25) is 0 Å². The third kappa shape index (κ3) is 7.59. The van der Waals surface area contributed by atoms with E-state index in [4.69, 9.17) is 4.74 Å². The van der Waals surface area contributed by atoms with Gasteiger partial charge in [-0.25, -0.2) is 9.59 Å². The smallest absolute Gasteiger partial charge is 0.323 e. The van der Waals surface area contributed by atoms with Gasteiger partial charge < -0.3 is 26.0 Å². The number of rotatable bonds is 6. The van der Waals surface area contributed by atoms with Gasteiger partial charge in [0.25, 0.3) is 0 Å². The van der Waals surface area contributed by atoms with Crippen molar-refractivity contribution >= 4 is 66.7 Å². The van der Waals surface area contributed by atoms with Gasteiger partial charge in [0, 0.05) is 31.7 Å². The number of hydrogen-bond donors (Lipinski definition) is 4. The fourth-order valence-electron chi connectivity index (χ4n) is 3.00. The Kier molecular flexibility index (Phi) is 8.02. The second-order valence-corrected chi connectivity index (χ2v) is 9.15. The molecule has 0 fully saturated rings. The van der Waals surface area contributed by atoms with Crippen LogP contribution in [0, 0.1) is 0 Å². The van der Waals surface area contributed by atoms with Crippen LogP contribution in [-0.2, 0) is 0 Å². The van der Waals surface area contributed by atoms with E-state index in [0.29, 0.717) is 34.2 Å². The highest BCUT2D eigenvalue weighted by Crippen LogP contribution is 2.25. The highest BCUT2D eigenvalue weighted by molar-refractivity contribution is 9.10. The number of hydrogen-bond acceptors (Lipinski definition) is 3. The van der Waals surface area contributed by atoms with Crippen molar-refractivity contribution in [1.29, 1.82) is 0 Å². The Morgan fingerprint density at radius 2 is 0.714 bits per heavy atom. The fraction of sp³-hybridized carbons (Fsp3) is 0. The monoisotopic (exact) mass is 594 g/mol. The lowest BCUT2D eigenvalue weighted by Gasteiger charge is -2.10. The van der Waals surface area contributed by atoms with E-state index in [9.17, 15) is 9.59 Å². The van der Waals surface area contributed by atoms with Crippen LogP contribution in [0.25, 0.3) is 0 Å². The van der Waals surface area contributed by atoms with E-state index in [0.717, 1.165) is 8.95 Å². The molecule has 0 spiro atoms. The Morgan fingerprint density at radius 3 is 1.00 bits per heavy atom. The second-order valence-electron chi connectivity index (χ2n) is 7.32. The number of benzene rings is 4. The summed E-state index contributed by atoms with van der Waals surface area (Å²) in [6, 6.07) is 28.0. The van der Waals surface area contributed by atoms with Crippen LogP contribution in [0.1, 0.15) is 0 Å². The lowest BCUT2D eigenvalue weighted by atomic mass is 10.3. The Morgan fingerprint density at radius 1 is 0.457 bits per heavy atom. The van der Waals surface area contributed by atoms with Crippen LogP contribution < -0.4 is 26.0 Å². The van der Waals surface area contributed by atoms with Gasteiger partial charge >= 0.3 is 12.1 Å². The van der Waals surface area contributed by atoms with Gasteiger partial charge in [0.1, 0.15) is 11.5 Å². The number of nitrogens with one attached hydrogen (secondary N) is 4. The van der Waals surface area contributed by atoms with Gasteiger partial charge in [-0.05, 0) is 97.1 Å². The highest BCUT2D eigenvalue weighted by atomic mass is 79.9. The summed E-state index contributed by atoms with van der Waals surface area (Å²) in [5.41, 5.74) is 2.63. The normalized spacial score (nSPS) is 10.2. The summed E-state index contributed by atoms with van der Waals surface area (Å²) in [5, 5.41) is 11.1. The summed E-state index contributed by atoms with van der Waals surface area (Å²) in [4.78, 5) is 24.3. The summed E-state index contributed by atoms with van der Waals surface area (Å²) in [5.74, 6) is 1.22. The molecule has 9 heteroatoms. The first-order chi connectivity index (χ1) is 16.9. The average Bonchev–Trinajstić information content (AvgIpc) is 2.84. The van der Waals surface area contributed by atoms with Crippen LogP contribution in [0.4, 0.5) is 32.3 Å². The number of ether oxygens (including phenoxy) is 1. The zero-order valence-corrected chi connectivity index (χ0v) is 21.4. The number of halogens is 2. The van der Waals surface area contributed by atoms with Crippen molar-refractivity contribution < 1.29 is 14.3 Å². The van der Waals surface area contributed by atoms with Crippen LogP contribution >= 0.6 is 31.9 Å². The molecule has 0 saturated carbocycles. The lowest BCUT2D eigenvalue weighted by molar-refractivity contribution is 0.261. The Hall–Kier alpha value is -3.82. The van der Waals surface area contributed by atoms with Crippen molar-refractivity contribution in [2.24, 2.45) is 0 Å². The molecule has 4 aromatic rings. The molecule has 0 atom stereocenters. The zero-order chi connectivity index (χ0) is 24.6. The standard InChI is InChI=1S/C26H20Br2N4O3/c27-17-1-5-19(6-2-17)29-25(33)31-21-9-13-23(14-10-21)35-24-15-11-22(12-16-24)32-26(34)30-20-7-3-18(28)4-8-20/h1-16H,(H2,29,31,33)(H2,30,32,34). The number of carbonyl (C=O) groups is 2. The second kappa shape index (κ2) is 11.5. The summed E-state index contributed by atoms with van der Waals surface area (Å²) >= 11 is 6.72. The quantitative estimate of drug-likeness (QED) is 0.181. The van der Waals surface area contributed by atoms with E-state index in [1.807, 2.05) is 24.3 Å². The molecular formula is C26H20Br2N4O3. The molecule has 0 aliphatic heterocycles. The first-order valence-corrected chi connectivity index (χ1v) is 12.1. The van der Waals surface area contributed by atoms with Crippen LogP contribution in [0.3, 0.4) is 0 Å². The largest absolute Gasteiger partial charge is 0.457 e. The first kappa shape index (κ1) is 24.3. The van der Waals surface area contributed by atoms with Crippen LogP contribution in [0.5, 0.6) is 11.5 Å². The van der Waals surface area contributed by atoms with E-state index < -0.39 is 0 Å².